The van der Waals surface area contributed by atoms with Crippen molar-refractivity contribution in [3.05, 3.63) is 54.4 Å². The number of ether oxygens (including phenoxy) is 1. The second-order valence-electron chi connectivity index (χ2n) is 9.43. The molecule has 3 heterocycles. The Morgan fingerprint density at radius 3 is 2.71 bits per heavy atom. The van der Waals surface area contributed by atoms with Crippen LogP contribution in [0.4, 0.5) is 10.2 Å². The summed E-state index contributed by atoms with van der Waals surface area (Å²) in [7, 11) is 0. The lowest BCUT2D eigenvalue weighted by molar-refractivity contribution is -0.122. The van der Waals surface area contributed by atoms with E-state index in [-0.39, 0.29) is 36.5 Å². The smallest absolute Gasteiger partial charge is 0.255 e. The summed E-state index contributed by atoms with van der Waals surface area (Å²) in [5, 5.41) is 8.41. The van der Waals surface area contributed by atoms with Crippen LogP contribution in [0.15, 0.2) is 48.8 Å². The Hall–Kier alpha value is -3.29. The zero-order valence-corrected chi connectivity index (χ0v) is 19.7. The van der Waals surface area contributed by atoms with Crippen LogP contribution in [-0.2, 0) is 4.79 Å². The number of Topliss-reactive ketones (excluding diaryl/α,β-unsaturated/α-hetero) is 1. The van der Waals surface area contributed by atoms with E-state index in [0.717, 1.165) is 19.3 Å². The number of ketones is 1. The average molecular weight is 467 g/mol. The van der Waals surface area contributed by atoms with Crippen LogP contribution in [0, 0.1) is 17.2 Å². The molecule has 1 aromatic heterocycles. The number of nitrogens with zero attached hydrogens (tertiary/aromatic N) is 3. The third-order valence-corrected chi connectivity index (χ3v) is 6.52. The zero-order valence-electron chi connectivity index (χ0n) is 19.7. The highest BCUT2D eigenvalue weighted by Gasteiger charge is 2.38. The van der Waals surface area contributed by atoms with Gasteiger partial charge in [0, 0.05) is 36.6 Å². The van der Waals surface area contributed by atoms with E-state index >= 15 is 4.39 Å². The summed E-state index contributed by atoms with van der Waals surface area (Å²) in [6.45, 7) is 8.27. The van der Waals surface area contributed by atoms with Gasteiger partial charge in [0.2, 0.25) is 0 Å². The van der Waals surface area contributed by atoms with Crippen molar-refractivity contribution < 1.29 is 18.7 Å². The molecule has 8 heteroatoms. The van der Waals surface area contributed by atoms with Crippen LogP contribution in [0.25, 0.3) is 0 Å². The van der Waals surface area contributed by atoms with Crippen LogP contribution in [-0.4, -0.2) is 59.2 Å². The minimum Gasteiger partial charge on any atom is -0.486 e. The van der Waals surface area contributed by atoms with Crippen molar-refractivity contribution in [3.8, 4) is 5.75 Å². The van der Waals surface area contributed by atoms with E-state index in [0.29, 0.717) is 35.9 Å². The van der Waals surface area contributed by atoms with Crippen molar-refractivity contribution in [2.24, 2.45) is 11.8 Å². The number of alkyl halides is 1. The summed E-state index contributed by atoms with van der Waals surface area (Å²) in [6.07, 6.45) is 10.7. The number of anilines is 1. The second kappa shape index (κ2) is 9.52. The van der Waals surface area contributed by atoms with Crippen molar-refractivity contribution in [1.29, 1.82) is 5.41 Å². The molecule has 1 aliphatic carbocycles. The lowest BCUT2D eigenvalue weighted by atomic mass is 9.87. The van der Waals surface area contributed by atoms with Crippen molar-refractivity contribution in [3.63, 3.8) is 0 Å². The fraction of sp³-hybridized carbons (Fsp3) is 0.462. The Morgan fingerprint density at radius 1 is 1.32 bits per heavy atom. The molecule has 4 rings (SSSR count). The predicted molar refractivity (Wildman–Crippen MR) is 129 cm³/mol. The maximum atomic E-state index is 15.5. The summed E-state index contributed by atoms with van der Waals surface area (Å²) >= 11 is 0. The van der Waals surface area contributed by atoms with Gasteiger partial charge in [-0.2, -0.15) is 0 Å². The minimum absolute atomic E-state index is 0.0407. The van der Waals surface area contributed by atoms with E-state index in [2.05, 4.69) is 11.6 Å². The van der Waals surface area contributed by atoms with Gasteiger partial charge in [-0.05, 0) is 43.6 Å². The fourth-order valence-corrected chi connectivity index (χ4v) is 4.43. The number of halogens is 1. The molecular weight excluding hydrogens is 435 g/mol. The van der Waals surface area contributed by atoms with Gasteiger partial charge >= 0.3 is 0 Å². The number of carbonyl (C=O) groups is 2. The van der Waals surface area contributed by atoms with Crippen LogP contribution < -0.4 is 9.64 Å². The monoisotopic (exact) mass is 466 g/mol. The van der Waals surface area contributed by atoms with Crippen molar-refractivity contribution in [1.82, 2.24) is 9.88 Å². The molecule has 1 saturated heterocycles. The van der Waals surface area contributed by atoms with Crippen LogP contribution in [0.3, 0.4) is 0 Å². The average Bonchev–Trinajstić information content (AvgIpc) is 3.00. The lowest BCUT2D eigenvalue weighted by Crippen LogP contribution is -2.41. The molecule has 0 bridgehead atoms. The molecule has 2 unspecified atom stereocenters. The number of hydrogen-bond donors (Lipinski definition) is 1. The number of fused-ring (bicyclic) bond motifs is 1. The van der Waals surface area contributed by atoms with Crippen molar-refractivity contribution in [2.45, 2.75) is 38.8 Å². The van der Waals surface area contributed by atoms with Gasteiger partial charge in [-0.3, -0.25) is 9.59 Å². The van der Waals surface area contributed by atoms with E-state index in [1.54, 1.807) is 43.0 Å². The number of allylic oxidation sites excluding steroid dienone is 3. The molecule has 3 aliphatic rings. The fourth-order valence-electron chi connectivity index (χ4n) is 4.43. The quantitative estimate of drug-likeness (QED) is 0.660. The van der Waals surface area contributed by atoms with Gasteiger partial charge in [0.1, 0.15) is 12.4 Å². The van der Waals surface area contributed by atoms with E-state index in [1.807, 2.05) is 4.90 Å². The molecule has 0 aromatic carbocycles. The van der Waals surface area contributed by atoms with Crippen LogP contribution in [0.1, 0.15) is 43.5 Å². The van der Waals surface area contributed by atoms with Crippen molar-refractivity contribution in [2.75, 3.05) is 31.1 Å². The summed E-state index contributed by atoms with van der Waals surface area (Å²) in [6, 6.07) is 1.62. The second-order valence-corrected chi connectivity index (χ2v) is 9.43. The van der Waals surface area contributed by atoms with E-state index < -0.39 is 11.6 Å². The van der Waals surface area contributed by atoms with Crippen molar-refractivity contribution >= 4 is 23.2 Å². The predicted octanol–water partition coefficient (Wildman–Crippen LogP) is 4.12. The highest BCUT2D eigenvalue weighted by atomic mass is 19.1. The third-order valence-electron chi connectivity index (χ3n) is 6.52. The number of likely N-dealkylation sites (tertiary alicyclic amines) is 1. The van der Waals surface area contributed by atoms with E-state index in [1.165, 1.54) is 12.3 Å². The summed E-state index contributed by atoms with van der Waals surface area (Å²) in [4.78, 5) is 33.4. The first-order chi connectivity index (χ1) is 16.2. The number of aromatic nitrogens is 1. The number of rotatable bonds is 5. The Morgan fingerprint density at radius 2 is 2.06 bits per heavy atom. The molecule has 1 N–H and O–H groups in total. The van der Waals surface area contributed by atoms with Gasteiger partial charge in [-0.1, -0.05) is 26.5 Å². The normalized spacial score (nSPS) is 24.8. The summed E-state index contributed by atoms with van der Waals surface area (Å²) in [5.74, 6) is -0.328. The first-order valence-corrected chi connectivity index (χ1v) is 11.8. The summed E-state index contributed by atoms with van der Waals surface area (Å²) < 4.78 is 21.3. The molecule has 1 amide bonds. The maximum absolute atomic E-state index is 15.5. The SMILES string of the molecule is C=CC1(F)COc2cc(C(=O)N3CCCCC3)cnc2N(C2=CC(=N)C(C(=O)C(C)C)C=C2)C1. The largest absolute Gasteiger partial charge is 0.486 e. The molecule has 180 valence electrons. The Balaban J connectivity index is 1.68. The van der Waals surface area contributed by atoms with Gasteiger partial charge in [0.05, 0.1) is 18.0 Å². The van der Waals surface area contributed by atoms with Gasteiger partial charge in [-0.15, -0.1) is 0 Å². The lowest BCUT2D eigenvalue weighted by Gasteiger charge is -2.30. The van der Waals surface area contributed by atoms with Crippen LogP contribution >= 0.6 is 0 Å². The zero-order chi connectivity index (χ0) is 24.5. The molecule has 0 saturated carbocycles. The minimum atomic E-state index is -1.88. The van der Waals surface area contributed by atoms with E-state index in [9.17, 15) is 9.59 Å². The van der Waals surface area contributed by atoms with Gasteiger partial charge in [0.15, 0.2) is 17.2 Å². The number of hydrogen-bond acceptors (Lipinski definition) is 6. The summed E-state index contributed by atoms with van der Waals surface area (Å²) in [5.41, 5.74) is -0.813. The Kier molecular flexibility index (Phi) is 6.68. The number of piperidine rings is 1. The van der Waals surface area contributed by atoms with Gasteiger partial charge in [0.25, 0.3) is 5.91 Å². The molecular formula is C26H31FN4O3. The molecule has 1 aromatic rings. The maximum Gasteiger partial charge on any atom is 0.255 e. The van der Waals surface area contributed by atoms with E-state index in [4.69, 9.17) is 10.1 Å². The molecule has 2 aliphatic heterocycles. The molecule has 0 radical (unpaired) electrons. The highest BCUT2D eigenvalue weighted by molar-refractivity contribution is 6.12. The van der Waals surface area contributed by atoms with Crippen LogP contribution in [0.5, 0.6) is 5.75 Å². The van der Waals surface area contributed by atoms with Gasteiger partial charge < -0.3 is 19.9 Å². The molecule has 34 heavy (non-hydrogen) atoms. The highest BCUT2D eigenvalue weighted by Crippen LogP contribution is 2.37. The standard InChI is InChI=1S/C26H31FN4O3/c1-4-26(27)15-31(19-8-9-20(21(28)13-19)23(32)17(2)3)24-22(34-16-26)12-18(14-29-24)25(33)30-10-6-5-7-11-30/h4,8-9,12-14,17,20,28H,1,5-7,10-11,15-16H2,2-3H3. The number of nitrogens with one attached hydrogen (secondary N) is 1. The molecule has 7 nitrogen and oxygen atoms in total. The number of amides is 1. The molecule has 0 spiro atoms. The van der Waals surface area contributed by atoms with Crippen LogP contribution in [0.2, 0.25) is 0 Å². The first-order valence-electron chi connectivity index (χ1n) is 11.8. The topological polar surface area (TPSA) is 86.6 Å². The van der Waals surface area contributed by atoms with Gasteiger partial charge in [-0.25, -0.2) is 9.37 Å². The number of carbonyl (C=O) groups excluding carboxylic acids is 2. The number of pyridine rings is 1. The Bertz CT molecular complexity index is 1070. The molecule has 1 fully saturated rings. The first kappa shape index (κ1) is 23.9. The Labute approximate surface area is 199 Å². The molecule has 2 atom stereocenters. The third kappa shape index (κ3) is 4.67.